The number of hydrogen-bond acceptors (Lipinski definition) is 1. The summed E-state index contributed by atoms with van der Waals surface area (Å²) < 4.78 is 0. The summed E-state index contributed by atoms with van der Waals surface area (Å²) in [6, 6.07) is 0. The molecule has 2 atom stereocenters. The van der Waals surface area contributed by atoms with E-state index in [-0.39, 0.29) is 0 Å². The number of rotatable bonds is 10. The first-order valence-corrected chi connectivity index (χ1v) is 11.9. The molecule has 27 heavy (non-hydrogen) atoms. The average Bonchev–Trinajstić information content (AvgIpc) is 2.65. The van der Waals surface area contributed by atoms with E-state index in [1.165, 1.54) is 94.6 Å². The minimum atomic E-state index is 0.464. The van der Waals surface area contributed by atoms with Crippen molar-refractivity contribution in [3.05, 3.63) is 24.3 Å². The Bertz CT molecular complexity index is 425. The third kappa shape index (κ3) is 12.3. The van der Waals surface area contributed by atoms with Crippen molar-refractivity contribution in [2.24, 2.45) is 11.8 Å². The van der Waals surface area contributed by atoms with Gasteiger partial charge in [-0.3, -0.25) is 4.79 Å². The van der Waals surface area contributed by atoms with Gasteiger partial charge in [0.15, 0.2) is 0 Å². The van der Waals surface area contributed by atoms with Crippen LogP contribution in [0.5, 0.6) is 0 Å². The maximum atomic E-state index is 10.5. The van der Waals surface area contributed by atoms with Gasteiger partial charge >= 0.3 is 0 Å². The van der Waals surface area contributed by atoms with Gasteiger partial charge in [-0.1, -0.05) is 69.6 Å². The highest BCUT2D eigenvalue weighted by Gasteiger charge is 2.24. The van der Waals surface area contributed by atoms with Crippen molar-refractivity contribution in [3.63, 3.8) is 0 Å². The lowest BCUT2D eigenvalue weighted by molar-refractivity contribution is -0.120. The van der Waals surface area contributed by atoms with Gasteiger partial charge in [0.05, 0.1) is 0 Å². The fourth-order valence-electron chi connectivity index (χ4n) is 4.62. The van der Waals surface area contributed by atoms with E-state index in [0.717, 1.165) is 37.5 Å². The lowest BCUT2D eigenvalue weighted by Gasteiger charge is -2.32. The molecule has 2 rings (SSSR count). The van der Waals surface area contributed by atoms with Gasteiger partial charge in [-0.2, -0.15) is 0 Å². The summed E-state index contributed by atoms with van der Waals surface area (Å²) in [5.41, 5.74) is 2.84. The van der Waals surface area contributed by atoms with Crippen LogP contribution in [0.4, 0.5) is 0 Å². The average molecular weight is 375 g/mol. The predicted octanol–water partition coefficient (Wildman–Crippen LogP) is 8.59. The number of carbonyl (C=O) groups is 1. The van der Waals surface area contributed by atoms with Crippen molar-refractivity contribution in [2.75, 3.05) is 0 Å². The quantitative estimate of drug-likeness (QED) is 0.276. The van der Waals surface area contributed by atoms with Gasteiger partial charge in [0.1, 0.15) is 5.78 Å². The lowest BCUT2D eigenvalue weighted by Crippen LogP contribution is -2.20. The summed E-state index contributed by atoms with van der Waals surface area (Å²) in [5, 5.41) is 0. The Morgan fingerprint density at radius 1 is 0.889 bits per heavy atom. The molecule has 0 amide bonds. The van der Waals surface area contributed by atoms with Gasteiger partial charge in [-0.15, -0.1) is 6.58 Å². The highest BCUT2D eigenvalue weighted by molar-refractivity contribution is 5.78. The summed E-state index contributed by atoms with van der Waals surface area (Å²) in [6.07, 6.45) is 21.7. The molecule has 2 fully saturated rings. The van der Waals surface area contributed by atoms with Crippen LogP contribution in [0, 0.1) is 11.8 Å². The predicted molar refractivity (Wildman–Crippen MR) is 120 cm³/mol. The van der Waals surface area contributed by atoms with Crippen molar-refractivity contribution >= 4 is 5.78 Å². The highest BCUT2D eigenvalue weighted by atomic mass is 16.1. The van der Waals surface area contributed by atoms with E-state index in [1.54, 1.807) is 0 Å². The van der Waals surface area contributed by atoms with E-state index >= 15 is 0 Å². The van der Waals surface area contributed by atoms with Crippen LogP contribution in [0.2, 0.25) is 0 Å². The largest absolute Gasteiger partial charge is 0.300 e. The van der Waals surface area contributed by atoms with Gasteiger partial charge in [0.25, 0.3) is 0 Å². The second-order valence-electron chi connectivity index (χ2n) is 9.16. The van der Waals surface area contributed by atoms with E-state index in [4.69, 9.17) is 0 Å². The summed E-state index contributed by atoms with van der Waals surface area (Å²) in [5.74, 6) is 2.41. The molecular formula is C26H46O. The Balaban J connectivity index is 0.000000433. The molecule has 2 aliphatic carbocycles. The molecule has 2 unspecified atom stereocenters. The zero-order chi connectivity index (χ0) is 19.9. The Morgan fingerprint density at radius 2 is 1.52 bits per heavy atom. The maximum absolute atomic E-state index is 10.5. The number of allylic oxidation sites excluding steroid dienone is 2. The molecule has 0 N–H and O–H groups in total. The maximum Gasteiger partial charge on any atom is 0.132 e. The summed E-state index contributed by atoms with van der Waals surface area (Å²) in [4.78, 5) is 10.5. The van der Waals surface area contributed by atoms with Crippen LogP contribution in [0.15, 0.2) is 24.3 Å². The van der Waals surface area contributed by atoms with Gasteiger partial charge in [-0.25, -0.2) is 0 Å². The summed E-state index contributed by atoms with van der Waals surface area (Å²) in [7, 11) is 0. The Hall–Kier alpha value is -0.850. The normalized spacial score (nSPS) is 22.7. The molecule has 0 radical (unpaired) electrons. The lowest BCUT2D eigenvalue weighted by atomic mass is 9.74. The van der Waals surface area contributed by atoms with E-state index in [1.807, 2.05) is 0 Å². The van der Waals surface area contributed by atoms with Crippen LogP contribution < -0.4 is 0 Å². The number of unbranched alkanes of at least 4 members (excludes halogenated alkanes) is 2. The van der Waals surface area contributed by atoms with Crippen LogP contribution >= 0.6 is 0 Å². The third-order valence-electron chi connectivity index (χ3n) is 6.34. The summed E-state index contributed by atoms with van der Waals surface area (Å²) in [6.45, 7) is 12.8. The molecule has 0 saturated heterocycles. The molecule has 0 aromatic heterocycles. The minimum Gasteiger partial charge on any atom is -0.300 e. The number of Topliss-reactive ketones (excluding diaryl/α,β-unsaturated/α-hetero) is 1. The van der Waals surface area contributed by atoms with Gasteiger partial charge in [0, 0.05) is 12.8 Å². The monoisotopic (exact) mass is 374 g/mol. The van der Waals surface area contributed by atoms with Crippen LogP contribution in [0.1, 0.15) is 123 Å². The third-order valence-corrected chi connectivity index (χ3v) is 6.34. The molecule has 156 valence electrons. The molecule has 0 aromatic carbocycles. The second-order valence-corrected chi connectivity index (χ2v) is 9.16. The molecular weight excluding hydrogens is 328 g/mol. The molecule has 1 heteroatoms. The van der Waals surface area contributed by atoms with Crippen molar-refractivity contribution in [3.8, 4) is 0 Å². The fourth-order valence-corrected chi connectivity index (χ4v) is 4.62. The van der Waals surface area contributed by atoms with Crippen molar-refractivity contribution in [1.82, 2.24) is 0 Å². The molecule has 0 spiro atoms. The topological polar surface area (TPSA) is 17.1 Å². The van der Waals surface area contributed by atoms with E-state index in [0.29, 0.717) is 5.78 Å². The SMILES string of the molecule is C=C(C)CCCCC(=C)CC1CCCCC1CCCC.O=C1CCCCC1. The Morgan fingerprint density at radius 3 is 2.07 bits per heavy atom. The number of hydrogen-bond donors (Lipinski definition) is 0. The number of ketones is 1. The van der Waals surface area contributed by atoms with Crippen LogP contribution in [0.3, 0.4) is 0 Å². The number of carbonyl (C=O) groups excluding carboxylic acids is 1. The van der Waals surface area contributed by atoms with E-state index in [2.05, 4.69) is 27.0 Å². The van der Waals surface area contributed by atoms with E-state index < -0.39 is 0 Å². The molecule has 1 nitrogen and oxygen atoms in total. The molecule has 0 heterocycles. The Labute approximate surface area is 170 Å². The molecule has 2 saturated carbocycles. The fraction of sp³-hybridized carbons (Fsp3) is 0.808. The standard InChI is InChI=1S/C20H36.C6H10O/c1-5-6-13-19-14-9-10-15-20(19)16-18(4)12-8-7-11-17(2)3;7-6-4-2-1-3-5-6/h19-20H,2,4-16H2,1,3H3;1-5H2. The summed E-state index contributed by atoms with van der Waals surface area (Å²) >= 11 is 0. The van der Waals surface area contributed by atoms with E-state index in [9.17, 15) is 4.79 Å². The molecule has 0 aliphatic heterocycles. The van der Waals surface area contributed by atoms with Crippen LogP contribution in [-0.4, -0.2) is 5.78 Å². The first-order chi connectivity index (χ1) is 13.0. The first kappa shape index (κ1) is 24.2. The molecule has 2 aliphatic rings. The molecule has 0 bridgehead atoms. The highest BCUT2D eigenvalue weighted by Crippen LogP contribution is 2.37. The van der Waals surface area contributed by atoms with Crippen LogP contribution in [-0.2, 0) is 4.79 Å². The first-order valence-electron chi connectivity index (χ1n) is 11.9. The van der Waals surface area contributed by atoms with Gasteiger partial charge in [-0.05, 0) is 70.1 Å². The second kappa shape index (κ2) is 15.1. The van der Waals surface area contributed by atoms with Crippen LogP contribution in [0.25, 0.3) is 0 Å². The van der Waals surface area contributed by atoms with Crippen molar-refractivity contribution < 1.29 is 4.79 Å². The van der Waals surface area contributed by atoms with Crippen molar-refractivity contribution in [1.29, 1.82) is 0 Å². The minimum absolute atomic E-state index is 0.464. The zero-order valence-electron chi connectivity index (χ0n) is 18.5. The Kier molecular flexibility index (Phi) is 13.5. The smallest absolute Gasteiger partial charge is 0.132 e. The zero-order valence-corrected chi connectivity index (χ0v) is 18.5. The van der Waals surface area contributed by atoms with Gasteiger partial charge < -0.3 is 0 Å². The van der Waals surface area contributed by atoms with Crippen molar-refractivity contribution in [2.45, 2.75) is 123 Å². The van der Waals surface area contributed by atoms with Gasteiger partial charge in [0.2, 0.25) is 0 Å². The molecule has 0 aromatic rings.